The third-order valence-corrected chi connectivity index (χ3v) is 3.66. The van der Waals surface area contributed by atoms with Crippen molar-refractivity contribution < 1.29 is 22.6 Å². The first-order valence-electron chi connectivity index (χ1n) is 7.59. The molecule has 3 rings (SSSR count). The van der Waals surface area contributed by atoms with Crippen molar-refractivity contribution >= 4 is 10.8 Å². The summed E-state index contributed by atoms with van der Waals surface area (Å²) in [5, 5.41) is 1.53. The summed E-state index contributed by atoms with van der Waals surface area (Å²) >= 11 is 0. The van der Waals surface area contributed by atoms with Gasteiger partial charge in [0.05, 0.1) is 0 Å². The summed E-state index contributed by atoms with van der Waals surface area (Å²) in [6.45, 7) is 0.980. The van der Waals surface area contributed by atoms with Crippen LogP contribution in [0.2, 0.25) is 0 Å². The number of benzene rings is 3. The Kier molecular flexibility index (Phi) is 4.93. The minimum absolute atomic E-state index is 0.0881. The summed E-state index contributed by atoms with van der Waals surface area (Å²) in [4.78, 5) is 0. The second-order valence-corrected chi connectivity index (χ2v) is 5.34. The molecular weight excluding hydrogens is 329 g/mol. The zero-order valence-electron chi connectivity index (χ0n) is 13.2. The molecule has 0 unspecified atom stereocenters. The van der Waals surface area contributed by atoms with Crippen molar-refractivity contribution in [2.45, 2.75) is 6.61 Å². The van der Waals surface area contributed by atoms with E-state index in [4.69, 9.17) is 4.74 Å². The third kappa shape index (κ3) is 3.94. The average molecular weight is 344 g/mol. The Morgan fingerprint density at radius 3 is 2.36 bits per heavy atom. The maximum absolute atomic E-state index is 14.4. The van der Waals surface area contributed by atoms with E-state index in [1.165, 1.54) is 18.2 Å². The van der Waals surface area contributed by atoms with Gasteiger partial charge < -0.3 is 9.47 Å². The van der Waals surface area contributed by atoms with Gasteiger partial charge in [-0.3, -0.25) is 0 Å². The molecule has 5 heteroatoms. The maximum Gasteiger partial charge on any atom is 0.387 e. The highest BCUT2D eigenvalue weighted by molar-refractivity contribution is 5.88. The molecule has 0 N–H and O–H groups in total. The molecule has 0 aliphatic rings. The van der Waals surface area contributed by atoms with Gasteiger partial charge in [0.25, 0.3) is 0 Å². The number of fused-ring (bicyclic) bond motifs is 1. The molecule has 3 aromatic rings. The summed E-state index contributed by atoms with van der Waals surface area (Å²) in [6, 6.07) is 14.6. The standard InChI is InChI=1S/C20H15F3O2/c1-2-9-24-16-7-8-18(19(21)12-16)15-4-3-14-11-17(25-20(22)23)6-5-13(14)10-15/h2-8,10-12,20H,1,9H2. The van der Waals surface area contributed by atoms with Crippen LogP contribution in [0.4, 0.5) is 13.2 Å². The van der Waals surface area contributed by atoms with E-state index in [9.17, 15) is 13.2 Å². The first-order valence-corrected chi connectivity index (χ1v) is 7.59. The van der Waals surface area contributed by atoms with Gasteiger partial charge in [-0.2, -0.15) is 8.78 Å². The smallest absolute Gasteiger partial charge is 0.387 e. The molecule has 0 saturated heterocycles. The topological polar surface area (TPSA) is 18.5 Å². The van der Waals surface area contributed by atoms with Crippen LogP contribution < -0.4 is 9.47 Å². The largest absolute Gasteiger partial charge is 0.489 e. The second-order valence-electron chi connectivity index (χ2n) is 5.34. The number of hydrogen-bond acceptors (Lipinski definition) is 2. The Labute approximate surface area is 143 Å². The predicted molar refractivity (Wildman–Crippen MR) is 91.7 cm³/mol. The van der Waals surface area contributed by atoms with E-state index >= 15 is 0 Å². The van der Waals surface area contributed by atoms with Gasteiger partial charge >= 0.3 is 6.61 Å². The first-order chi connectivity index (χ1) is 12.1. The minimum atomic E-state index is -2.87. The van der Waals surface area contributed by atoms with Crippen molar-refractivity contribution in [2.24, 2.45) is 0 Å². The van der Waals surface area contributed by atoms with E-state index in [-0.39, 0.29) is 5.75 Å². The van der Waals surface area contributed by atoms with Crippen LogP contribution in [0, 0.1) is 5.82 Å². The van der Waals surface area contributed by atoms with Crippen LogP contribution in [-0.4, -0.2) is 13.2 Å². The van der Waals surface area contributed by atoms with Gasteiger partial charge in [0.15, 0.2) is 0 Å². The molecule has 0 bridgehead atoms. The van der Waals surface area contributed by atoms with Crippen molar-refractivity contribution in [2.75, 3.05) is 6.61 Å². The third-order valence-electron chi connectivity index (χ3n) is 3.66. The Bertz CT molecular complexity index is 907. The molecule has 3 aromatic carbocycles. The number of halogens is 3. The molecule has 0 spiro atoms. The lowest BCUT2D eigenvalue weighted by Gasteiger charge is -2.09. The quantitative estimate of drug-likeness (QED) is 0.525. The van der Waals surface area contributed by atoms with Crippen molar-refractivity contribution in [3.8, 4) is 22.6 Å². The van der Waals surface area contributed by atoms with Gasteiger partial charge in [0.1, 0.15) is 23.9 Å². The van der Waals surface area contributed by atoms with Gasteiger partial charge in [0, 0.05) is 11.6 Å². The molecule has 25 heavy (non-hydrogen) atoms. The van der Waals surface area contributed by atoms with Crippen LogP contribution in [0.25, 0.3) is 21.9 Å². The highest BCUT2D eigenvalue weighted by Crippen LogP contribution is 2.30. The Morgan fingerprint density at radius 2 is 1.64 bits per heavy atom. The predicted octanol–water partition coefficient (Wildman–Crippen LogP) is 5.81. The summed E-state index contributed by atoms with van der Waals surface area (Å²) in [7, 11) is 0. The summed E-state index contributed by atoms with van der Waals surface area (Å²) < 4.78 is 48.6. The van der Waals surface area contributed by atoms with Crippen LogP contribution in [0.15, 0.2) is 67.3 Å². The van der Waals surface area contributed by atoms with Crippen molar-refractivity contribution in [1.82, 2.24) is 0 Å². The van der Waals surface area contributed by atoms with E-state index in [0.717, 1.165) is 10.8 Å². The number of ether oxygens (including phenoxy) is 2. The maximum atomic E-state index is 14.4. The lowest BCUT2D eigenvalue weighted by atomic mass is 10.0. The van der Waals surface area contributed by atoms with Gasteiger partial charge in [-0.05, 0) is 46.7 Å². The van der Waals surface area contributed by atoms with Gasteiger partial charge in [-0.15, -0.1) is 0 Å². The van der Waals surface area contributed by atoms with Gasteiger partial charge in [0.2, 0.25) is 0 Å². The fourth-order valence-corrected chi connectivity index (χ4v) is 2.54. The molecular formula is C20H15F3O2. The summed E-state index contributed by atoms with van der Waals surface area (Å²) in [5.41, 5.74) is 1.11. The first kappa shape index (κ1) is 16.9. The van der Waals surface area contributed by atoms with Crippen LogP contribution in [0.5, 0.6) is 11.5 Å². The lowest BCUT2D eigenvalue weighted by molar-refractivity contribution is -0.0497. The van der Waals surface area contributed by atoms with E-state index in [1.807, 2.05) is 0 Å². The molecule has 0 amide bonds. The molecule has 0 fully saturated rings. The van der Waals surface area contributed by atoms with Crippen molar-refractivity contribution in [1.29, 1.82) is 0 Å². The van der Waals surface area contributed by atoms with E-state index < -0.39 is 12.4 Å². The van der Waals surface area contributed by atoms with E-state index in [2.05, 4.69) is 11.3 Å². The van der Waals surface area contributed by atoms with Crippen molar-refractivity contribution in [3.05, 3.63) is 73.1 Å². The van der Waals surface area contributed by atoms with Gasteiger partial charge in [-0.1, -0.05) is 30.9 Å². The fourth-order valence-electron chi connectivity index (χ4n) is 2.54. The fraction of sp³-hybridized carbons (Fsp3) is 0.100. The minimum Gasteiger partial charge on any atom is -0.489 e. The highest BCUT2D eigenvalue weighted by Gasteiger charge is 2.09. The summed E-state index contributed by atoms with van der Waals surface area (Å²) in [6.07, 6.45) is 1.58. The second kappa shape index (κ2) is 7.30. The average Bonchev–Trinajstić information content (AvgIpc) is 2.59. The highest BCUT2D eigenvalue weighted by atomic mass is 19.3. The van der Waals surface area contributed by atoms with Crippen LogP contribution in [0.3, 0.4) is 0 Å². The monoisotopic (exact) mass is 344 g/mol. The van der Waals surface area contributed by atoms with Crippen LogP contribution in [0.1, 0.15) is 0 Å². The molecule has 0 heterocycles. The van der Waals surface area contributed by atoms with E-state index in [1.54, 1.807) is 42.5 Å². The molecule has 0 saturated carbocycles. The van der Waals surface area contributed by atoms with Crippen molar-refractivity contribution in [3.63, 3.8) is 0 Å². The molecule has 128 valence electrons. The normalized spacial score (nSPS) is 10.9. The molecule has 0 aliphatic heterocycles. The van der Waals surface area contributed by atoms with Gasteiger partial charge in [-0.25, -0.2) is 4.39 Å². The Morgan fingerprint density at radius 1 is 0.920 bits per heavy atom. The zero-order valence-corrected chi connectivity index (χ0v) is 13.2. The number of rotatable bonds is 6. The van der Waals surface area contributed by atoms with Crippen LogP contribution >= 0.6 is 0 Å². The Hall–Kier alpha value is -2.95. The molecule has 0 aliphatic carbocycles. The molecule has 0 radical (unpaired) electrons. The Balaban J connectivity index is 1.92. The lowest BCUT2D eigenvalue weighted by Crippen LogP contribution is -2.01. The molecule has 0 atom stereocenters. The molecule has 0 aromatic heterocycles. The molecule has 2 nitrogen and oxygen atoms in total. The SMILES string of the molecule is C=CCOc1ccc(-c2ccc3cc(OC(F)F)ccc3c2)c(F)c1. The van der Waals surface area contributed by atoms with E-state index in [0.29, 0.717) is 23.5 Å². The van der Waals surface area contributed by atoms with Crippen LogP contribution in [-0.2, 0) is 0 Å². The number of alkyl halides is 2. The zero-order chi connectivity index (χ0) is 17.8. The number of hydrogen-bond donors (Lipinski definition) is 0. The summed E-state index contributed by atoms with van der Waals surface area (Å²) in [5.74, 6) is 0.111.